The molecule has 2 unspecified atom stereocenters. The first-order chi connectivity index (χ1) is 10.3. The molecule has 0 saturated carbocycles. The summed E-state index contributed by atoms with van der Waals surface area (Å²) in [6.07, 6.45) is 1.42. The minimum absolute atomic E-state index is 0.0865. The maximum Gasteiger partial charge on any atom is 0.315 e. The van der Waals surface area contributed by atoms with Crippen LogP contribution in [0.15, 0.2) is 30.3 Å². The summed E-state index contributed by atoms with van der Waals surface area (Å²) in [4.78, 5) is 23.7. The van der Waals surface area contributed by atoms with Crippen LogP contribution < -0.4 is 5.32 Å². The van der Waals surface area contributed by atoms with Gasteiger partial charge in [-0.05, 0) is 30.7 Å². The highest BCUT2D eigenvalue weighted by Gasteiger charge is 2.35. The van der Waals surface area contributed by atoms with Gasteiger partial charge >= 0.3 is 5.97 Å². The van der Waals surface area contributed by atoms with Crippen molar-refractivity contribution < 1.29 is 14.7 Å². The summed E-state index contributed by atoms with van der Waals surface area (Å²) in [5.74, 6) is -0.171. The summed E-state index contributed by atoms with van der Waals surface area (Å²) in [6.45, 7) is 8.05. The van der Waals surface area contributed by atoms with E-state index in [4.69, 9.17) is 0 Å². The number of hydrogen-bond acceptors (Lipinski definition) is 2. The van der Waals surface area contributed by atoms with Gasteiger partial charge in [-0.3, -0.25) is 9.59 Å². The van der Waals surface area contributed by atoms with E-state index in [0.717, 1.165) is 6.42 Å². The molecule has 0 aromatic heterocycles. The molecule has 0 fully saturated rings. The van der Waals surface area contributed by atoms with Gasteiger partial charge in [0, 0.05) is 13.0 Å². The van der Waals surface area contributed by atoms with Gasteiger partial charge in [-0.1, -0.05) is 51.1 Å². The minimum Gasteiger partial charge on any atom is -0.481 e. The van der Waals surface area contributed by atoms with Gasteiger partial charge in [0.25, 0.3) is 0 Å². The molecule has 1 amide bonds. The topological polar surface area (TPSA) is 66.4 Å². The highest BCUT2D eigenvalue weighted by molar-refractivity contribution is 5.83. The van der Waals surface area contributed by atoms with Crippen molar-refractivity contribution in [2.45, 2.75) is 46.0 Å². The first kappa shape index (κ1) is 18.2. The van der Waals surface area contributed by atoms with E-state index in [1.165, 1.54) is 0 Å². The van der Waals surface area contributed by atoms with Gasteiger partial charge in [0.05, 0.1) is 0 Å². The van der Waals surface area contributed by atoms with Gasteiger partial charge in [-0.2, -0.15) is 0 Å². The molecule has 4 heteroatoms. The van der Waals surface area contributed by atoms with Crippen LogP contribution in [0.1, 0.15) is 46.1 Å². The minimum atomic E-state index is -1.11. The van der Waals surface area contributed by atoms with E-state index in [9.17, 15) is 14.7 Å². The van der Waals surface area contributed by atoms with Gasteiger partial charge in [0.2, 0.25) is 5.91 Å². The molecule has 2 N–H and O–H groups in total. The van der Waals surface area contributed by atoms with Crippen LogP contribution in [0.4, 0.5) is 0 Å². The first-order valence-corrected chi connectivity index (χ1v) is 7.81. The fourth-order valence-corrected chi connectivity index (χ4v) is 2.66. The molecular weight excluding hydrogens is 278 g/mol. The van der Waals surface area contributed by atoms with E-state index in [1.807, 2.05) is 25.1 Å². The Balaban J connectivity index is 2.66. The van der Waals surface area contributed by atoms with Crippen LogP contribution in [0.25, 0.3) is 0 Å². The molecule has 0 aliphatic heterocycles. The van der Waals surface area contributed by atoms with Crippen LogP contribution in [0, 0.1) is 11.8 Å². The second-order valence-corrected chi connectivity index (χ2v) is 6.72. The third-order valence-electron chi connectivity index (χ3n) is 3.93. The number of rotatable bonds is 8. The lowest BCUT2D eigenvalue weighted by Crippen LogP contribution is -2.44. The van der Waals surface area contributed by atoms with E-state index < -0.39 is 11.4 Å². The number of nitrogens with one attached hydrogen (secondary N) is 1. The number of carboxylic acid groups (broad SMARTS) is 1. The molecule has 1 aromatic carbocycles. The molecule has 0 spiro atoms. The van der Waals surface area contributed by atoms with Gasteiger partial charge in [0.1, 0.15) is 5.41 Å². The number of carbonyl (C=O) groups excluding carboxylic acids is 1. The monoisotopic (exact) mass is 305 g/mol. The molecule has 0 heterocycles. The molecule has 0 aliphatic carbocycles. The lowest BCUT2D eigenvalue weighted by Gasteiger charge is -2.26. The van der Waals surface area contributed by atoms with Crippen molar-refractivity contribution in [3.8, 4) is 0 Å². The van der Waals surface area contributed by atoms with Crippen LogP contribution in [0.2, 0.25) is 0 Å². The van der Waals surface area contributed by atoms with E-state index in [0.29, 0.717) is 23.8 Å². The lowest BCUT2D eigenvalue weighted by atomic mass is 9.82. The van der Waals surface area contributed by atoms with Crippen LogP contribution in [-0.4, -0.2) is 23.5 Å². The number of carbonyl (C=O) groups is 2. The zero-order chi connectivity index (χ0) is 16.8. The van der Waals surface area contributed by atoms with Crippen molar-refractivity contribution in [3.63, 3.8) is 0 Å². The Labute approximate surface area is 132 Å². The summed E-state index contributed by atoms with van der Waals surface area (Å²) in [7, 11) is 0. The first-order valence-electron chi connectivity index (χ1n) is 7.81. The SMILES string of the molecule is CC(C)CC(C)CC(=O)NCC(C)(C(=O)O)c1ccccc1. The Morgan fingerprint density at radius 2 is 1.77 bits per heavy atom. The fourth-order valence-electron chi connectivity index (χ4n) is 2.66. The van der Waals surface area contributed by atoms with Gasteiger partial charge < -0.3 is 10.4 Å². The summed E-state index contributed by atoms with van der Waals surface area (Å²) in [5, 5.41) is 12.3. The van der Waals surface area contributed by atoms with Crippen molar-refractivity contribution in [3.05, 3.63) is 35.9 Å². The van der Waals surface area contributed by atoms with Crippen LogP contribution in [-0.2, 0) is 15.0 Å². The number of aliphatic carboxylic acids is 1. The largest absolute Gasteiger partial charge is 0.481 e. The van der Waals surface area contributed by atoms with Gasteiger partial charge in [-0.15, -0.1) is 0 Å². The van der Waals surface area contributed by atoms with E-state index in [2.05, 4.69) is 19.2 Å². The molecule has 1 aromatic rings. The van der Waals surface area contributed by atoms with Crippen LogP contribution >= 0.6 is 0 Å². The Morgan fingerprint density at radius 1 is 1.18 bits per heavy atom. The van der Waals surface area contributed by atoms with Crippen molar-refractivity contribution in [2.24, 2.45) is 11.8 Å². The van der Waals surface area contributed by atoms with Crippen molar-refractivity contribution in [1.29, 1.82) is 0 Å². The molecule has 1 rings (SSSR count). The van der Waals surface area contributed by atoms with Gasteiger partial charge in [0.15, 0.2) is 0 Å². The summed E-state index contributed by atoms with van der Waals surface area (Å²) in [5.41, 5.74) is -0.420. The maximum absolute atomic E-state index is 12.0. The standard InChI is InChI=1S/C18H27NO3/c1-13(2)10-14(3)11-16(20)19-12-18(4,17(21)22)15-8-6-5-7-9-15/h5-9,13-14H,10-12H2,1-4H3,(H,19,20)(H,21,22). The normalized spacial score (nSPS) is 15.1. The summed E-state index contributed by atoms with van der Waals surface area (Å²) < 4.78 is 0. The number of amides is 1. The molecule has 4 nitrogen and oxygen atoms in total. The Hall–Kier alpha value is -1.84. The fraction of sp³-hybridized carbons (Fsp3) is 0.556. The quantitative estimate of drug-likeness (QED) is 0.775. The smallest absolute Gasteiger partial charge is 0.315 e. The Kier molecular flexibility index (Phi) is 6.60. The van der Waals surface area contributed by atoms with E-state index >= 15 is 0 Å². The molecule has 0 saturated heterocycles. The van der Waals surface area contributed by atoms with E-state index in [-0.39, 0.29) is 12.5 Å². The van der Waals surface area contributed by atoms with Crippen LogP contribution in [0.3, 0.4) is 0 Å². The highest BCUT2D eigenvalue weighted by Crippen LogP contribution is 2.23. The third kappa shape index (κ3) is 5.17. The van der Waals surface area contributed by atoms with E-state index in [1.54, 1.807) is 19.1 Å². The van der Waals surface area contributed by atoms with Crippen molar-refractivity contribution in [1.82, 2.24) is 5.32 Å². The second-order valence-electron chi connectivity index (χ2n) is 6.72. The molecule has 22 heavy (non-hydrogen) atoms. The molecule has 122 valence electrons. The number of carboxylic acids is 1. The van der Waals surface area contributed by atoms with Crippen LogP contribution in [0.5, 0.6) is 0 Å². The predicted molar refractivity (Wildman–Crippen MR) is 87.7 cm³/mol. The van der Waals surface area contributed by atoms with Gasteiger partial charge in [-0.25, -0.2) is 0 Å². The van der Waals surface area contributed by atoms with Crippen molar-refractivity contribution >= 4 is 11.9 Å². The zero-order valence-corrected chi connectivity index (χ0v) is 13.9. The Morgan fingerprint density at radius 3 is 2.27 bits per heavy atom. The molecular formula is C18H27NO3. The average molecular weight is 305 g/mol. The molecule has 0 aliphatic rings. The predicted octanol–water partition coefficient (Wildman–Crippen LogP) is 3.22. The highest BCUT2D eigenvalue weighted by atomic mass is 16.4. The molecule has 2 atom stereocenters. The molecule has 0 bridgehead atoms. The summed E-state index contributed by atoms with van der Waals surface area (Å²) in [6, 6.07) is 9.02. The maximum atomic E-state index is 12.0. The average Bonchev–Trinajstić information content (AvgIpc) is 2.44. The number of hydrogen-bond donors (Lipinski definition) is 2. The zero-order valence-electron chi connectivity index (χ0n) is 13.9. The summed E-state index contributed by atoms with van der Waals surface area (Å²) >= 11 is 0. The lowest BCUT2D eigenvalue weighted by molar-refractivity contribution is -0.143. The Bertz CT molecular complexity index is 498. The van der Waals surface area contributed by atoms with Crippen molar-refractivity contribution in [2.75, 3.05) is 6.54 Å². The second kappa shape index (κ2) is 7.97. The molecule has 0 radical (unpaired) electrons. The third-order valence-corrected chi connectivity index (χ3v) is 3.93. The number of benzene rings is 1.